The molecule has 0 radical (unpaired) electrons. The third kappa shape index (κ3) is 5.59. The molecule has 0 bridgehead atoms. The van der Waals surface area contributed by atoms with Crippen molar-refractivity contribution in [2.24, 2.45) is 11.7 Å². The number of hydrogen-bond acceptors (Lipinski definition) is 6. The van der Waals surface area contributed by atoms with Crippen LogP contribution in [0.15, 0.2) is 55.1 Å². The van der Waals surface area contributed by atoms with Crippen LogP contribution in [0.5, 0.6) is 0 Å². The number of nitrogens with two attached hydrogens (primary N) is 1. The first-order valence-corrected chi connectivity index (χ1v) is 14.3. The molecule has 222 valence electrons. The van der Waals surface area contributed by atoms with E-state index in [1.54, 1.807) is 23.0 Å². The van der Waals surface area contributed by atoms with Gasteiger partial charge in [0.2, 0.25) is 5.69 Å². The van der Waals surface area contributed by atoms with Crippen LogP contribution in [0.3, 0.4) is 0 Å². The van der Waals surface area contributed by atoms with Gasteiger partial charge in [0.05, 0.1) is 39.1 Å². The Morgan fingerprint density at radius 1 is 1.23 bits per heavy atom. The molecule has 1 amide bonds. The molecule has 15 heteroatoms. The molecule has 0 aliphatic heterocycles. The Hall–Kier alpha value is -4.30. The average Bonchev–Trinajstić information content (AvgIpc) is 3.31. The monoisotopic (exact) mass is 631 g/mol. The maximum absolute atomic E-state index is 15.4. The van der Waals surface area contributed by atoms with Gasteiger partial charge >= 0.3 is 6.18 Å². The van der Waals surface area contributed by atoms with Crippen LogP contribution >= 0.6 is 22.9 Å². The molecule has 1 saturated carbocycles. The fourth-order valence-electron chi connectivity index (χ4n) is 4.97. The van der Waals surface area contributed by atoms with E-state index in [0.717, 1.165) is 39.7 Å². The van der Waals surface area contributed by atoms with E-state index in [1.807, 2.05) is 13.1 Å². The van der Waals surface area contributed by atoms with Crippen molar-refractivity contribution >= 4 is 28.8 Å². The normalized spacial score (nSPS) is 14.3. The molecular weight excluding hydrogens is 610 g/mol. The Morgan fingerprint density at radius 2 is 2.00 bits per heavy atom. The second kappa shape index (κ2) is 10.8. The van der Waals surface area contributed by atoms with E-state index in [-0.39, 0.29) is 21.8 Å². The molecule has 0 saturated heterocycles. The van der Waals surface area contributed by atoms with Crippen molar-refractivity contribution in [2.75, 3.05) is 0 Å². The van der Waals surface area contributed by atoms with E-state index in [0.29, 0.717) is 33.8 Å². The molecule has 9 nitrogen and oxygen atoms in total. The Labute approximate surface area is 250 Å². The summed E-state index contributed by atoms with van der Waals surface area (Å²) in [7, 11) is 0. The first-order valence-electron chi connectivity index (χ1n) is 13.1. The van der Waals surface area contributed by atoms with Gasteiger partial charge in [0.15, 0.2) is 17.7 Å². The molecule has 6 rings (SSSR count). The highest BCUT2D eigenvalue weighted by atomic mass is 35.5. The van der Waals surface area contributed by atoms with Gasteiger partial charge in [-0.15, -0.1) is 16.4 Å². The van der Waals surface area contributed by atoms with Gasteiger partial charge in [-0.2, -0.15) is 23.0 Å². The lowest BCUT2D eigenvalue weighted by atomic mass is 10.0. The van der Waals surface area contributed by atoms with Crippen LogP contribution < -0.4 is 10.5 Å². The number of primary amides is 1. The number of nitrogens with zero attached hydrogens (tertiary/aromatic N) is 6. The molecule has 0 spiro atoms. The zero-order valence-electron chi connectivity index (χ0n) is 22.3. The molecule has 1 fully saturated rings. The average molecular weight is 632 g/mol. The van der Waals surface area contributed by atoms with Crippen LogP contribution in [0.1, 0.15) is 51.9 Å². The number of halogens is 5. The van der Waals surface area contributed by atoms with Gasteiger partial charge in [-0.3, -0.25) is 9.48 Å². The minimum atomic E-state index is -4.75. The van der Waals surface area contributed by atoms with Crippen molar-refractivity contribution < 1.29 is 27.1 Å². The van der Waals surface area contributed by atoms with Crippen LogP contribution in [0.4, 0.5) is 17.6 Å². The predicted octanol–water partition coefficient (Wildman–Crippen LogP) is 6.10. The van der Waals surface area contributed by atoms with Crippen LogP contribution in [0, 0.1) is 23.9 Å². The molecule has 5 aromatic rings. The molecule has 1 atom stereocenters. The number of aryl methyl sites for hydroxylation is 1. The second-order valence-electron chi connectivity index (χ2n) is 10.4. The standard InChI is InChI=1S/C28H22ClF4N7O2S/c1-14-8-22(27(34)41)43-26(14)17-10-35-38(11-17)21(9-15-2-3-15)19-6-4-16(12-40(19)42)24-20(7-5-18(29)25(24)30)39-13-23(36-37-39)28(31,32)33/h4-8,10-13,15,21H,2-3,9H2,1H3,(H2,34,41)/t21-/m1/s1. The lowest BCUT2D eigenvalue weighted by molar-refractivity contribution is -0.615. The lowest BCUT2D eigenvalue weighted by Crippen LogP contribution is -2.35. The molecular formula is C28H22ClF4N7O2S. The van der Waals surface area contributed by atoms with Gasteiger partial charge < -0.3 is 10.9 Å². The number of carbonyl (C=O) groups excluding carboxylic acids is 1. The molecule has 4 aromatic heterocycles. The quantitative estimate of drug-likeness (QED) is 0.126. The molecule has 1 aliphatic rings. The number of alkyl halides is 3. The summed E-state index contributed by atoms with van der Waals surface area (Å²) in [5.41, 5.74) is 5.96. The summed E-state index contributed by atoms with van der Waals surface area (Å²) in [4.78, 5) is 12.9. The largest absolute Gasteiger partial charge is 0.618 e. The van der Waals surface area contributed by atoms with Crippen molar-refractivity contribution in [3.05, 3.63) is 93.0 Å². The second-order valence-corrected chi connectivity index (χ2v) is 11.8. The molecule has 4 heterocycles. The van der Waals surface area contributed by atoms with E-state index < -0.39 is 29.6 Å². The number of thiophene rings is 1. The van der Waals surface area contributed by atoms with Gasteiger partial charge in [0.1, 0.15) is 6.04 Å². The molecule has 2 N–H and O–H groups in total. The topological polar surface area (TPSA) is 119 Å². The summed E-state index contributed by atoms with van der Waals surface area (Å²) >= 11 is 7.29. The fraction of sp³-hybridized carbons (Fsp3) is 0.250. The van der Waals surface area contributed by atoms with Crippen LogP contribution in [0.25, 0.3) is 27.3 Å². The van der Waals surface area contributed by atoms with Gasteiger partial charge in [-0.05, 0) is 49.1 Å². The minimum absolute atomic E-state index is 0.0782. The van der Waals surface area contributed by atoms with Crippen molar-refractivity contribution in [2.45, 2.75) is 38.4 Å². The van der Waals surface area contributed by atoms with E-state index in [9.17, 15) is 23.2 Å². The summed E-state index contributed by atoms with van der Waals surface area (Å²) in [5.74, 6) is -1.05. The number of hydrogen-bond donors (Lipinski definition) is 1. The Kier molecular flexibility index (Phi) is 7.21. The highest BCUT2D eigenvalue weighted by Crippen LogP contribution is 2.40. The summed E-state index contributed by atoms with van der Waals surface area (Å²) < 4.78 is 58.0. The smallest absolute Gasteiger partial charge is 0.436 e. The fourth-order valence-corrected chi connectivity index (χ4v) is 6.12. The van der Waals surface area contributed by atoms with Crippen LogP contribution in [-0.4, -0.2) is 30.7 Å². The SMILES string of the molecule is Cc1cc(C(N)=O)sc1-c1cnn([C@H](CC2CC2)c2ccc(-c3c(-n4cc(C(F)(F)F)nn4)ccc(Cl)c3F)c[n+]2[O-])c1. The van der Waals surface area contributed by atoms with Gasteiger partial charge in [-0.25, -0.2) is 9.07 Å². The summed E-state index contributed by atoms with van der Waals surface area (Å²) in [6.07, 6.45) is 3.17. The van der Waals surface area contributed by atoms with E-state index in [4.69, 9.17) is 17.3 Å². The first kappa shape index (κ1) is 28.8. The number of carbonyl (C=O) groups is 1. The minimum Gasteiger partial charge on any atom is -0.618 e. The number of aromatic nitrogens is 6. The van der Waals surface area contributed by atoms with Crippen LogP contribution in [-0.2, 0) is 6.18 Å². The van der Waals surface area contributed by atoms with E-state index >= 15 is 4.39 Å². The zero-order chi connectivity index (χ0) is 30.6. The number of benzene rings is 1. The maximum atomic E-state index is 15.4. The molecule has 43 heavy (non-hydrogen) atoms. The highest BCUT2D eigenvalue weighted by Gasteiger charge is 2.35. The summed E-state index contributed by atoms with van der Waals surface area (Å²) in [6.45, 7) is 1.87. The van der Waals surface area contributed by atoms with Crippen LogP contribution in [0.2, 0.25) is 5.02 Å². The number of rotatable bonds is 8. The van der Waals surface area contributed by atoms with Gasteiger partial charge in [0, 0.05) is 22.7 Å². The summed E-state index contributed by atoms with van der Waals surface area (Å²) in [5, 5.41) is 24.4. The molecule has 0 unspecified atom stereocenters. The lowest BCUT2D eigenvalue weighted by Gasteiger charge is -2.18. The number of pyridine rings is 1. The number of amides is 1. The Bertz CT molecular complexity index is 1860. The van der Waals surface area contributed by atoms with E-state index in [2.05, 4.69) is 15.4 Å². The van der Waals surface area contributed by atoms with Gasteiger partial charge in [-0.1, -0.05) is 29.7 Å². The molecule has 1 aliphatic carbocycles. The zero-order valence-corrected chi connectivity index (χ0v) is 23.9. The van der Waals surface area contributed by atoms with Gasteiger partial charge in [0.25, 0.3) is 5.91 Å². The Morgan fingerprint density at radius 3 is 2.63 bits per heavy atom. The highest BCUT2D eigenvalue weighted by molar-refractivity contribution is 7.17. The predicted molar refractivity (Wildman–Crippen MR) is 150 cm³/mol. The van der Waals surface area contributed by atoms with Crippen molar-refractivity contribution in [1.29, 1.82) is 0 Å². The summed E-state index contributed by atoms with van der Waals surface area (Å²) in [6, 6.07) is 6.81. The first-order chi connectivity index (χ1) is 20.4. The van der Waals surface area contributed by atoms with Crippen molar-refractivity contribution in [1.82, 2.24) is 24.8 Å². The van der Waals surface area contributed by atoms with Crippen molar-refractivity contribution in [3.8, 4) is 27.3 Å². The van der Waals surface area contributed by atoms with Crippen molar-refractivity contribution in [3.63, 3.8) is 0 Å². The third-order valence-electron chi connectivity index (χ3n) is 7.28. The Balaban J connectivity index is 1.39. The van der Waals surface area contributed by atoms with E-state index in [1.165, 1.54) is 29.5 Å². The maximum Gasteiger partial charge on any atom is 0.436 e. The molecule has 1 aromatic carbocycles. The third-order valence-corrected chi connectivity index (χ3v) is 8.87.